The van der Waals surface area contributed by atoms with Crippen LogP contribution in [-0.4, -0.2) is 24.4 Å². The minimum absolute atomic E-state index is 0.342. The van der Waals surface area contributed by atoms with Crippen LogP contribution in [0.2, 0.25) is 0 Å². The summed E-state index contributed by atoms with van der Waals surface area (Å²) in [5.41, 5.74) is 8.20. The molecule has 6 heteroatoms. The fraction of sp³-hybridized carbons (Fsp3) is 0.167. The highest BCUT2D eigenvalue weighted by Crippen LogP contribution is 2.14. The highest BCUT2D eigenvalue weighted by Gasteiger charge is 2.13. The van der Waals surface area contributed by atoms with Gasteiger partial charge >= 0.3 is 5.97 Å². The van der Waals surface area contributed by atoms with Crippen LogP contribution in [0.5, 0.6) is 0 Å². The van der Waals surface area contributed by atoms with Gasteiger partial charge in [0.05, 0.1) is 5.56 Å². The van der Waals surface area contributed by atoms with Gasteiger partial charge in [-0.15, -0.1) is 0 Å². The van der Waals surface area contributed by atoms with Crippen LogP contribution < -0.4 is 11.1 Å². The summed E-state index contributed by atoms with van der Waals surface area (Å²) in [5, 5.41) is 2.57. The number of rotatable bonds is 5. The molecule has 2 aromatic rings. The van der Waals surface area contributed by atoms with E-state index in [1.54, 1.807) is 24.3 Å². The summed E-state index contributed by atoms with van der Waals surface area (Å²) in [6, 6.07) is 11.4. The SMILES string of the molecule is Cc1cccc(C(=O)OCC(=O)Nc2ccc(C(N)=O)cc2)c1C. The largest absolute Gasteiger partial charge is 0.452 e. The average molecular weight is 326 g/mol. The molecule has 0 saturated carbocycles. The van der Waals surface area contributed by atoms with E-state index in [0.29, 0.717) is 16.8 Å². The number of esters is 1. The van der Waals surface area contributed by atoms with Gasteiger partial charge in [-0.2, -0.15) is 0 Å². The van der Waals surface area contributed by atoms with Crippen molar-refractivity contribution < 1.29 is 19.1 Å². The van der Waals surface area contributed by atoms with E-state index in [1.165, 1.54) is 12.1 Å². The zero-order chi connectivity index (χ0) is 17.7. The zero-order valence-corrected chi connectivity index (χ0v) is 13.5. The van der Waals surface area contributed by atoms with Crippen LogP contribution >= 0.6 is 0 Å². The molecular weight excluding hydrogens is 308 g/mol. The first-order chi connectivity index (χ1) is 11.4. The topological polar surface area (TPSA) is 98.5 Å². The summed E-state index contributed by atoms with van der Waals surface area (Å²) in [4.78, 5) is 34.9. The minimum Gasteiger partial charge on any atom is -0.452 e. The number of primary amides is 1. The van der Waals surface area contributed by atoms with Crippen LogP contribution in [0.25, 0.3) is 0 Å². The van der Waals surface area contributed by atoms with Crippen molar-refractivity contribution in [1.82, 2.24) is 0 Å². The van der Waals surface area contributed by atoms with E-state index >= 15 is 0 Å². The van der Waals surface area contributed by atoms with Gasteiger partial charge in [0, 0.05) is 11.3 Å². The van der Waals surface area contributed by atoms with Gasteiger partial charge in [0.2, 0.25) is 5.91 Å². The van der Waals surface area contributed by atoms with Crippen LogP contribution in [0.4, 0.5) is 5.69 Å². The highest BCUT2D eigenvalue weighted by atomic mass is 16.5. The molecule has 24 heavy (non-hydrogen) atoms. The lowest BCUT2D eigenvalue weighted by Gasteiger charge is -2.09. The lowest BCUT2D eigenvalue weighted by Crippen LogP contribution is -2.21. The predicted molar refractivity (Wildman–Crippen MR) is 89.8 cm³/mol. The molecule has 6 nitrogen and oxygen atoms in total. The standard InChI is InChI=1S/C18H18N2O4/c1-11-4-3-5-15(12(11)2)18(23)24-10-16(21)20-14-8-6-13(7-9-14)17(19)22/h3-9H,10H2,1-2H3,(H2,19,22)(H,20,21). The first kappa shape index (κ1) is 17.2. The maximum atomic E-state index is 12.0. The smallest absolute Gasteiger partial charge is 0.338 e. The van der Waals surface area contributed by atoms with Crippen LogP contribution in [0, 0.1) is 13.8 Å². The summed E-state index contributed by atoms with van der Waals surface area (Å²) in [7, 11) is 0. The third-order valence-electron chi connectivity index (χ3n) is 3.61. The first-order valence-corrected chi connectivity index (χ1v) is 7.31. The molecule has 0 aliphatic rings. The van der Waals surface area contributed by atoms with E-state index in [-0.39, 0.29) is 0 Å². The summed E-state index contributed by atoms with van der Waals surface area (Å²) < 4.78 is 5.03. The molecule has 124 valence electrons. The van der Waals surface area contributed by atoms with Crippen molar-refractivity contribution in [3.63, 3.8) is 0 Å². The van der Waals surface area contributed by atoms with Gasteiger partial charge < -0.3 is 15.8 Å². The molecule has 0 spiro atoms. The minimum atomic E-state index is -0.546. The second kappa shape index (κ2) is 7.41. The molecule has 0 heterocycles. The van der Waals surface area contributed by atoms with Crippen molar-refractivity contribution in [2.24, 2.45) is 5.73 Å². The molecule has 2 aromatic carbocycles. The van der Waals surface area contributed by atoms with Crippen molar-refractivity contribution in [1.29, 1.82) is 0 Å². The van der Waals surface area contributed by atoms with E-state index in [0.717, 1.165) is 11.1 Å². The molecular formula is C18H18N2O4. The summed E-state index contributed by atoms with van der Waals surface area (Å²) in [6.07, 6.45) is 0. The lowest BCUT2D eigenvalue weighted by atomic mass is 10.0. The number of amides is 2. The number of carbonyl (C=O) groups excluding carboxylic acids is 3. The molecule has 0 aliphatic heterocycles. The van der Waals surface area contributed by atoms with Crippen molar-refractivity contribution >= 4 is 23.5 Å². The van der Waals surface area contributed by atoms with E-state index in [2.05, 4.69) is 5.32 Å². The fourth-order valence-corrected chi connectivity index (χ4v) is 2.10. The average Bonchev–Trinajstić information content (AvgIpc) is 2.55. The number of hydrogen-bond donors (Lipinski definition) is 2. The van der Waals surface area contributed by atoms with Gasteiger partial charge in [-0.25, -0.2) is 4.79 Å². The van der Waals surface area contributed by atoms with Crippen LogP contribution in [0.3, 0.4) is 0 Å². The molecule has 3 N–H and O–H groups in total. The van der Waals surface area contributed by atoms with Crippen LogP contribution in [0.15, 0.2) is 42.5 Å². The van der Waals surface area contributed by atoms with Crippen molar-refractivity contribution in [3.8, 4) is 0 Å². The second-order valence-electron chi connectivity index (χ2n) is 5.31. The van der Waals surface area contributed by atoms with Gasteiger partial charge in [-0.05, 0) is 55.3 Å². The number of ether oxygens (including phenoxy) is 1. The Balaban J connectivity index is 1.92. The molecule has 0 atom stereocenters. The Morgan fingerprint density at radius 1 is 1.04 bits per heavy atom. The summed E-state index contributed by atoms with van der Waals surface area (Å²) in [5.74, 6) is -1.56. The first-order valence-electron chi connectivity index (χ1n) is 7.31. The van der Waals surface area contributed by atoms with E-state index < -0.39 is 24.4 Å². The number of nitrogens with one attached hydrogen (secondary N) is 1. The molecule has 0 radical (unpaired) electrons. The molecule has 0 bridgehead atoms. The Morgan fingerprint density at radius 3 is 2.33 bits per heavy atom. The predicted octanol–water partition coefficient (Wildman–Crippen LogP) is 2.20. The number of carbonyl (C=O) groups is 3. The Bertz CT molecular complexity index is 782. The van der Waals surface area contributed by atoms with Gasteiger partial charge in [0.25, 0.3) is 5.91 Å². The normalized spacial score (nSPS) is 10.1. The maximum absolute atomic E-state index is 12.0. The number of aryl methyl sites for hydroxylation is 1. The molecule has 2 rings (SSSR count). The quantitative estimate of drug-likeness (QED) is 0.823. The van der Waals surface area contributed by atoms with E-state index in [1.807, 2.05) is 19.9 Å². The summed E-state index contributed by atoms with van der Waals surface area (Å²) >= 11 is 0. The third kappa shape index (κ3) is 4.19. The monoisotopic (exact) mass is 326 g/mol. The fourth-order valence-electron chi connectivity index (χ4n) is 2.10. The number of nitrogens with two attached hydrogens (primary N) is 1. The summed E-state index contributed by atoms with van der Waals surface area (Å²) in [6.45, 7) is 3.32. The molecule has 2 amide bonds. The molecule has 0 saturated heterocycles. The molecule has 0 aliphatic carbocycles. The van der Waals surface area contributed by atoms with Gasteiger partial charge in [-0.1, -0.05) is 12.1 Å². The van der Waals surface area contributed by atoms with Crippen LogP contribution in [0.1, 0.15) is 31.8 Å². The zero-order valence-electron chi connectivity index (χ0n) is 13.5. The Kier molecular flexibility index (Phi) is 5.31. The Morgan fingerprint density at radius 2 is 1.71 bits per heavy atom. The van der Waals surface area contributed by atoms with Crippen molar-refractivity contribution in [2.45, 2.75) is 13.8 Å². The van der Waals surface area contributed by atoms with E-state index in [4.69, 9.17) is 10.5 Å². The number of anilines is 1. The van der Waals surface area contributed by atoms with Crippen molar-refractivity contribution in [2.75, 3.05) is 11.9 Å². The highest BCUT2D eigenvalue weighted by molar-refractivity contribution is 5.97. The third-order valence-corrected chi connectivity index (χ3v) is 3.61. The number of hydrogen-bond acceptors (Lipinski definition) is 4. The molecule has 0 fully saturated rings. The van der Waals surface area contributed by atoms with Gasteiger partial charge in [0.15, 0.2) is 6.61 Å². The van der Waals surface area contributed by atoms with Gasteiger partial charge in [0.1, 0.15) is 0 Å². The van der Waals surface area contributed by atoms with Crippen molar-refractivity contribution in [3.05, 3.63) is 64.7 Å². The molecule has 0 unspecified atom stereocenters. The van der Waals surface area contributed by atoms with E-state index in [9.17, 15) is 14.4 Å². The molecule has 0 aromatic heterocycles. The maximum Gasteiger partial charge on any atom is 0.338 e. The van der Waals surface area contributed by atoms with Gasteiger partial charge in [-0.3, -0.25) is 9.59 Å². The number of benzene rings is 2. The second-order valence-corrected chi connectivity index (χ2v) is 5.31. The van der Waals surface area contributed by atoms with Crippen LogP contribution in [-0.2, 0) is 9.53 Å². The lowest BCUT2D eigenvalue weighted by molar-refractivity contribution is -0.119. The Hall–Kier alpha value is -3.15. The Labute approximate surface area is 139 Å².